The van der Waals surface area contributed by atoms with Gasteiger partial charge in [0.15, 0.2) is 0 Å². The van der Waals surface area contributed by atoms with Crippen molar-refractivity contribution in [3.8, 4) is 0 Å². The average Bonchev–Trinajstić information content (AvgIpc) is 2.77. The third-order valence-corrected chi connectivity index (χ3v) is 6.23. The molecule has 0 atom stereocenters. The monoisotopic (exact) mass is 436 g/mol. The number of benzene rings is 2. The summed E-state index contributed by atoms with van der Waals surface area (Å²) in [6.45, 7) is 8.33. The first-order chi connectivity index (χ1) is 15.2. The van der Waals surface area contributed by atoms with Crippen LogP contribution in [-0.4, -0.2) is 60.0 Å². The molecule has 1 aliphatic heterocycles. The molecular weight excluding hydrogens is 400 g/mol. The van der Waals surface area contributed by atoms with Crippen LogP contribution in [0.1, 0.15) is 49.5 Å². The van der Waals surface area contributed by atoms with Crippen LogP contribution < -0.4 is 10.6 Å². The summed E-state index contributed by atoms with van der Waals surface area (Å²) in [7, 11) is 2.18. The van der Waals surface area contributed by atoms with Crippen molar-refractivity contribution in [2.75, 3.05) is 31.6 Å². The first-order valence-electron chi connectivity index (χ1n) is 11.4. The van der Waals surface area contributed by atoms with Gasteiger partial charge in [0.1, 0.15) is 0 Å². The van der Waals surface area contributed by atoms with Crippen LogP contribution in [0.3, 0.4) is 0 Å². The second kappa shape index (κ2) is 10.2. The summed E-state index contributed by atoms with van der Waals surface area (Å²) in [6, 6.07) is 17.7. The number of likely N-dealkylation sites (tertiary alicyclic amines) is 1. The highest BCUT2D eigenvalue weighted by Gasteiger charge is 2.28. The number of urea groups is 1. The molecule has 3 rings (SSSR count). The first-order valence-corrected chi connectivity index (χ1v) is 11.4. The van der Waals surface area contributed by atoms with Gasteiger partial charge in [0.2, 0.25) is 0 Å². The Kier molecular flexibility index (Phi) is 7.56. The Morgan fingerprint density at radius 3 is 2.12 bits per heavy atom. The molecule has 1 heterocycles. The molecule has 2 N–H and O–H groups in total. The Balaban J connectivity index is 1.54. The zero-order valence-corrected chi connectivity index (χ0v) is 19.8. The Labute approximate surface area is 192 Å². The predicted molar refractivity (Wildman–Crippen MR) is 130 cm³/mol. The van der Waals surface area contributed by atoms with Crippen molar-refractivity contribution in [2.24, 2.45) is 5.73 Å². The highest BCUT2D eigenvalue weighted by Crippen LogP contribution is 2.25. The number of primary amides is 1. The molecular formula is C26H36N4O2. The number of hydrogen-bond donors (Lipinski definition) is 1. The Morgan fingerprint density at radius 2 is 1.59 bits per heavy atom. The third-order valence-electron chi connectivity index (χ3n) is 6.23. The van der Waals surface area contributed by atoms with Crippen LogP contribution in [0.15, 0.2) is 54.6 Å². The van der Waals surface area contributed by atoms with Crippen molar-refractivity contribution in [3.63, 3.8) is 0 Å². The van der Waals surface area contributed by atoms with Crippen LogP contribution >= 0.6 is 0 Å². The maximum absolute atomic E-state index is 13.0. The topological polar surface area (TPSA) is 69.9 Å². The van der Waals surface area contributed by atoms with E-state index in [9.17, 15) is 9.59 Å². The van der Waals surface area contributed by atoms with Gasteiger partial charge in [-0.15, -0.1) is 0 Å². The lowest BCUT2D eigenvalue weighted by Gasteiger charge is -2.37. The molecule has 0 radical (unpaired) electrons. The van der Waals surface area contributed by atoms with E-state index < -0.39 is 11.6 Å². The fourth-order valence-electron chi connectivity index (χ4n) is 4.42. The van der Waals surface area contributed by atoms with Crippen LogP contribution in [0, 0.1) is 0 Å². The van der Waals surface area contributed by atoms with Crippen LogP contribution in [-0.2, 0) is 6.42 Å². The standard InChI is InChI=1S/C26H36N4O2/c1-26(2,3)30(25(27)32)23-12-10-21(11-13-23)24(31)29-18-15-22(16-19-29)28(4)17-14-20-8-6-5-7-9-20/h5-13,22H,14-19H2,1-4H3,(H2,27,32). The molecule has 1 fully saturated rings. The molecule has 0 saturated carbocycles. The van der Waals surface area contributed by atoms with Gasteiger partial charge in [-0.25, -0.2) is 4.79 Å². The molecule has 1 saturated heterocycles. The van der Waals surface area contributed by atoms with E-state index in [2.05, 4.69) is 36.2 Å². The van der Waals surface area contributed by atoms with Crippen LogP contribution in [0.5, 0.6) is 0 Å². The predicted octanol–water partition coefficient (Wildman–Crippen LogP) is 4.15. The van der Waals surface area contributed by atoms with Crippen molar-refractivity contribution in [1.82, 2.24) is 9.80 Å². The second-order valence-corrected chi connectivity index (χ2v) is 9.63. The minimum atomic E-state index is -0.505. The number of anilines is 1. The van der Waals surface area contributed by atoms with Gasteiger partial charge in [-0.1, -0.05) is 30.3 Å². The molecule has 32 heavy (non-hydrogen) atoms. The number of carbonyl (C=O) groups is 2. The molecule has 0 aromatic heterocycles. The van der Waals surface area contributed by atoms with E-state index in [0.717, 1.165) is 38.9 Å². The third kappa shape index (κ3) is 5.88. The van der Waals surface area contributed by atoms with Gasteiger partial charge in [-0.3, -0.25) is 9.69 Å². The minimum absolute atomic E-state index is 0.0447. The molecule has 0 spiro atoms. The summed E-state index contributed by atoms with van der Waals surface area (Å²) in [5.41, 5.74) is 7.83. The Bertz CT molecular complexity index is 898. The van der Waals surface area contributed by atoms with Crippen molar-refractivity contribution in [3.05, 3.63) is 65.7 Å². The molecule has 6 nitrogen and oxygen atoms in total. The van der Waals surface area contributed by atoms with E-state index in [4.69, 9.17) is 5.73 Å². The summed E-state index contributed by atoms with van der Waals surface area (Å²) in [5, 5.41) is 0. The fourth-order valence-corrected chi connectivity index (χ4v) is 4.42. The van der Waals surface area contributed by atoms with Gasteiger partial charge in [0, 0.05) is 42.5 Å². The number of nitrogens with zero attached hydrogens (tertiary/aromatic N) is 3. The summed E-state index contributed by atoms with van der Waals surface area (Å²) in [4.78, 5) is 30.8. The molecule has 0 aliphatic carbocycles. The summed E-state index contributed by atoms with van der Waals surface area (Å²) in [5.74, 6) is 0.0447. The molecule has 2 aromatic carbocycles. The van der Waals surface area contributed by atoms with E-state index >= 15 is 0 Å². The summed E-state index contributed by atoms with van der Waals surface area (Å²) >= 11 is 0. The normalized spacial score (nSPS) is 15.1. The molecule has 6 heteroatoms. The van der Waals surface area contributed by atoms with Gasteiger partial charge in [-0.05, 0) is 76.9 Å². The first kappa shape index (κ1) is 23.8. The zero-order chi connectivity index (χ0) is 23.3. The Morgan fingerprint density at radius 1 is 1.00 bits per heavy atom. The molecule has 172 valence electrons. The van der Waals surface area contributed by atoms with Crippen molar-refractivity contribution in [1.29, 1.82) is 0 Å². The van der Waals surface area contributed by atoms with Crippen molar-refractivity contribution in [2.45, 2.75) is 51.6 Å². The maximum atomic E-state index is 13.0. The van der Waals surface area contributed by atoms with Gasteiger partial charge in [-0.2, -0.15) is 0 Å². The number of carbonyl (C=O) groups excluding carboxylic acids is 2. The summed E-state index contributed by atoms with van der Waals surface area (Å²) < 4.78 is 0. The average molecular weight is 437 g/mol. The fraction of sp³-hybridized carbons (Fsp3) is 0.462. The second-order valence-electron chi connectivity index (χ2n) is 9.63. The number of rotatable bonds is 6. The van der Waals surface area contributed by atoms with E-state index in [0.29, 0.717) is 17.3 Å². The number of amides is 3. The van der Waals surface area contributed by atoms with Gasteiger partial charge in [0.25, 0.3) is 5.91 Å². The lowest BCUT2D eigenvalue weighted by molar-refractivity contribution is 0.0647. The highest BCUT2D eigenvalue weighted by atomic mass is 16.2. The molecule has 0 unspecified atom stereocenters. The van der Waals surface area contributed by atoms with Crippen LogP contribution in [0.2, 0.25) is 0 Å². The van der Waals surface area contributed by atoms with Gasteiger partial charge < -0.3 is 15.5 Å². The van der Waals surface area contributed by atoms with E-state index in [1.165, 1.54) is 10.5 Å². The maximum Gasteiger partial charge on any atom is 0.319 e. The smallest absolute Gasteiger partial charge is 0.319 e. The SMILES string of the molecule is CN(CCc1ccccc1)C1CCN(C(=O)c2ccc(N(C(N)=O)C(C)(C)C)cc2)CC1. The Hall–Kier alpha value is -2.86. The number of nitrogens with two attached hydrogens (primary N) is 1. The molecule has 0 bridgehead atoms. The molecule has 2 aromatic rings. The number of likely N-dealkylation sites (N-methyl/N-ethyl adjacent to an activating group) is 1. The summed E-state index contributed by atoms with van der Waals surface area (Å²) in [6.07, 6.45) is 3.00. The molecule has 1 aliphatic rings. The number of hydrogen-bond acceptors (Lipinski definition) is 3. The zero-order valence-electron chi connectivity index (χ0n) is 19.8. The lowest BCUT2D eigenvalue weighted by atomic mass is 10.0. The van der Waals surface area contributed by atoms with Gasteiger partial charge >= 0.3 is 6.03 Å². The largest absolute Gasteiger partial charge is 0.351 e. The molecule has 3 amide bonds. The minimum Gasteiger partial charge on any atom is -0.351 e. The highest BCUT2D eigenvalue weighted by molar-refractivity contribution is 5.96. The van der Waals surface area contributed by atoms with E-state index in [1.54, 1.807) is 24.3 Å². The van der Waals surface area contributed by atoms with Crippen LogP contribution in [0.25, 0.3) is 0 Å². The van der Waals surface area contributed by atoms with E-state index in [-0.39, 0.29) is 5.91 Å². The van der Waals surface area contributed by atoms with Crippen molar-refractivity contribution >= 4 is 17.6 Å². The van der Waals surface area contributed by atoms with Crippen LogP contribution in [0.4, 0.5) is 10.5 Å². The number of piperidine rings is 1. The quantitative estimate of drug-likeness (QED) is 0.740. The van der Waals surface area contributed by atoms with Gasteiger partial charge in [0.05, 0.1) is 0 Å². The van der Waals surface area contributed by atoms with Crippen molar-refractivity contribution < 1.29 is 9.59 Å². The lowest BCUT2D eigenvalue weighted by Crippen LogP contribution is -2.48. The van der Waals surface area contributed by atoms with E-state index in [1.807, 2.05) is 31.7 Å².